The molecule has 1 aromatic carbocycles. The number of Topliss-reactive ketones (excluding diaryl/α,β-unsaturated/α-hetero) is 1. The first-order valence-corrected chi connectivity index (χ1v) is 8.01. The third kappa shape index (κ3) is 4.36. The Kier molecular flexibility index (Phi) is 5.03. The molecule has 132 valence electrons. The Hall–Kier alpha value is -2.41. The van der Waals surface area contributed by atoms with E-state index in [2.05, 4.69) is 4.98 Å². The van der Waals surface area contributed by atoms with Gasteiger partial charge >= 0.3 is 6.18 Å². The van der Waals surface area contributed by atoms with E-state index in [1.54, 1.807) is 30.6 Å². The predicted molar refractivity (Wildman–Crippen MR) is 88.7 cm³/mol. The second kappa shape index (κ2) is 7.23. The van der Waals surface area contributed by atoms with E-state index in [9.17, 15) is 18.0 Å². The first kappa shape index (κ1) is 17.4. The van der Waals surface area contributed by atoms with Gasteiger partial charge in [0.1, 0.15) is 0 Å². The van der Waals surface area contributed by atoms with Crippen LogP contribution in [0.15, 0.2) is 48.8 Å². The summed E-state index contributed by atoms with van der Waals surface area (Å²) in [4.78, 5) is 20.1. The van der Waals surface area contributed by atoms with Crippen molar-refractivity contribution in [3.05, 3.63) is 59.9 Å². The Morgan fingerprint density at radius 3 is 2.48 bits per heavy atom. The minimum Gasteiger partial charge on any atom is -0.369 e. The zero-order valence-electron chi connectivity index (χ0n) is 13.5. The fraction of sp³-hybridized carbons (Fsp3) is 0.333. The summed E-state index contributed by atoms with van der Waals surface area (Å²) in [5, 5.41) is 0. The molecule has 1 aliphatic heterocycles. The third-order valence-corrected chi connectivity index (χ3v) is 4.26. The number of ketones is 1. The summed E-state index contributed by atoms with van der Waals surface area (Å²) < 4.78 is 38.5. The van der Waals surface area contributed by atoms with Crippen molar-refractivity contribution < 1.29 is 18.0 Å². The van der Waals surface area contributed by atoms with Crippen molar-refractivity contribution in [3.63, 3.8) is 0 Å². The zero-order valence-corrected chi connectivity index (χ0v) is 13.5. The summed E-state index contributed by atoms with van der Waals surface area (Å²) in [5.41, 5.74) is 0.495. The number of alkyl halides is 3. The van der Waals surface area contributed by atoms with Crippen molar-refractivity contribution >= 4 is 11.5 Å². The molecule has 0 radical (unpaired) electrons. The lowest BCUT2D eigenvalue weighted by Crippen LogP contribution is -2.48. The average molecular weight is 349 g/mol. The molecular formula is C18H18F3N3O. The van der Waals surface area contributed by atoms with Crippen LogP contribution in [0.2, 0.25) is 0 Å². The molecule has 2 aromatic rings. The van der Waals surface area contributed by atoms with Gasteiger partial charge < -0.3 is 4.90 Å². The Morgan fingerprint density at radius 1 is 1.08 bits per heavy atom. The predicted octanol–water partition coefficient (Wildman–Crippen LogP) is 3.11. The number of aromatic nitrogens is 1. The zero-order chi connectivity index (χ0) is 17.9. The number of hydrogen-bond donors (Lipinski definition) is 0. The normalized spacial score (nSPS) is 16.0. The van der Waals surface area contributed by atoms with Gasteiger partial charge in [0.05, 0.1) is 12.1 Å². The lowest BCUT2D eigenvalue weighted by molar-refractivity contribution is -0.137. The molecule has 0 amide bonds. The average Bonchev–Trinajstić information content (AvgIpc) is 2.62. The van der Waals surface area contributed by atoms with Gasteiger partial charge in [-0.15, -0.1) is 0 Å². The highest BCUT2D eigenvalue weighted by Crippen LogP contribution is 2.31. The van der Waals surface area contributed by atoms with E-state index in [0.29, 0.717) is 44.0 Å². The van der Waals surface area contributed by atoms with Crippen molar-refractivity contribution in [1.29, 1.82) is 0 Å². The number of rotatable bonds is 4. The summed E-state index contributed by atoms with van der Waals surface area (Å²) in [5.74, 6) is 0.000573. The van der Waals surface area contributed by atoms with Crippen molar-refractivity contribution in [2.75, 3.05) is 37.6 Å². The molecule has 4 nitrogen and oxygen atoms in total. The highest BCUT2D eigenvalue weighted by atomic mass is 19.4. The number of pyridine rings is 1. The standard InChI is InChI=1S/C18H18F3N3O/c19-18(20,21)15-4-1-5-16(11-15)24-9-7-23(8-10-24)13-17(25)14-3-2-6-22-12-14/h1-6,11-12H,7-10,13H2. The molecule has 3 rings (SSSR count). The number of hydrogen-bond acceptors (Lipinski definition) is 4. The van der Waals surface area contributed by atoms with E-state index in [-0.39, 0.29) is 5.78 Å². The van der Waals surface area contributed by atoms with Crippen molar-refractivity contribution in [1.82, 2.24) is 9.88 Å². The van der Waals surface area contributed by atoms with Gasteiger partial charge in [0, 0.05) is 49.8 Å². The molecule has 0 atom stereocenters. The van der Waals surface area contributed by atoms with Gasteiger partial charge in [-0.25, -0.2) is 0 Å². The van der Waals surface area contributed by atoms with Crippen LogP contribution in [0.5, 0.6) is 0 Å². The molecule has 0 saturated carbocycles. The molecule has 25 heavy (non-hydrogen) atoms. The van der Waals surface area contributed by atoms with E-state index in [1.807, 2.05) is 9.80 Å². The van der Waals surface area contributed by atoms with Crippen molar-refractivity contribution in [2.24, 2.45) is 0 Å². The van der Waals surface area contributed by atoms with E-state index in [4.69, 9.17) is 0 Å². The van der Waals surface area contributed by atoms with E-state index >= 15 is 0 Å². The number of nitrogens with zero attached hydrogens (tertiary/aromatic N) is 3. The molecule has 0 bridgehead atoms. The van der Waals surface area contributed by atoms with Crippen LogP contribution in [-0.2, 0) is 6.18 Å². The molecule has 0 spiro atoms. The summed E-state index contributed by atoms with van der Waals surface area (Å²) >= 11 is 0. The summed E-state index contributed by atoms with van der Waals surface area (Å²) in [6.45, 7) is 2.72. The minimum absolute atomic E-state index is 0.000573. The molecule has 1 fully saturated rings. The maximum atomic E-state index is 12.8. The van der Waals surface area contributed by atoms with E-state index in [0.717, 1.165) is 6.07 Å². The largest absolute Gasteiger partial charge is 0.416 e. The second-order valence-electron chi connectivity index (χ2n) is 5.98. The van der Waals surface area contributed by atoms with Crippen LogP contribution in [0.3, 0.4) is 0 Å². The highest BCUT2D eigenvalue weighted by Gasteiger charge is 2.31. The molecule has 0 unspecified atom stereocenters. The fourth-order valence-electron chi connectivity index (χ4n) is 2.87. The Balaban J connectivity index is 1.58. The highest BCUT2D eigenvalue weighted by molar-refractivity contribution is 5.97. The first-order chi connectivity index (χ1) is 11.9. The first-order valence-electron chi connectivity index (χ1n) is 8.01. The topological polar surface area (TPSA) is 36.4 Å². The minimum atomic E-state index is -4.34. The second-order valence-corrected chi connectivity index (χ2v) is 5.98. The van der Waals surface area contributed by atoms with Gasteiger partial charge in [-0.1, -0.05) is 6.07 Å². The number of piperazine rings is 1. The molecule has 7 heteroatoms. The number of benzene rings is 1. The molecule has 1 aliphatic rings. The maximum absolute atomic E-state index is 12.8. The Bertz CT molecular complexity index is 726. The van der Waals surface area contributed by atoms with Gasteiger partial charge in [0.15, 0.2) is 5.78 Å². The van der Waals surface area contributed by atoms with Crippen molar-refractivity contribution in [2.45, 2.75) is 6.18 Å². The van der Waals surface area contributed by atoms with Crippen LogP contribution in [-0.4, -0.2) is 48.4 Å². The fourth-order valence-corrected chi connectivity index (χ4v) is 2.87. The number of anilines is 1. The molecule has 0 aliphatic carbocycles. The SMILES string of the molecule is O=C(CN1CCN(c2cccc(C(F)(F)F)c2)CC1)c1cccnc1. The van der Waals surface area contributed by atoms with Crippen LogP contribution in [0.25, 0.3) is 0 Å². The van der Waals surface area contributed by atoms with Gasteiger partial charge in [-0.05, 0) is 30.3 Å². The quantitative estimate of drug-likeness (QED) is 0.795. The third-order valence-electron chi connectivity index (χ3n) is 4.26. The van der Waals surface area contributed by atoms with Crippen LogP contribution in [0, 0.1) is 0 Å². The van der Waals surface area contributed by atoms with Gasteiger partial charge in [0.25, 0.3) is 0 Å². The van der Waals surface area contributed by atoms with Crippen LogP contribution < -0.4 is 4.90 Å². The summed E-state index contributed by atoms with van der Waals surface area (Å²) in [7, 11) is 0. The molecular weight excluding hydrogens is 331 g/mol. The van der Waals surface area contributed by atoms with Crippen LogP contribution in [0.1, 0.15) is 15.9 Å². The van der Waals surface area contributed by atoms with Gasteiger partial charge in [-0.2, -0.15) is 13.2 Å². The van der Waals surface area contributed by atoms with Gasteiger partial charge in [-0.3, -0.25) is 14.7 Å². The van der Waals surface area contributed by atoms with Crippen LogP contribution in [0.4, 0.5) is 18.9 Å². The lowest BCUT2D eigenvalue weighted by atomic mass is 10.1. The molecule has 1 saturated heterocycles. The summed E-state index contributed by atoms with van der Waals surface area (Å²) in [6.07, 6.45) is -1.18. The monoisotopic (exact) mass is 349 g/mol. The Morgan fingerprint density at radius 2 is 1.84 bits per heavy atom. The molecule has 2 heterocycles. The van der Waals surface area contributed by atoms with Gasteiger partial charge in [0.2, 0.25) is 0 Å². The van der Waals surface area contributed by atoms with E-state index in [1.165, 1.54) is 12.1 Å². The lowest BCUT2D eigenvalue weighted by Gasteiger charge is -2.36. The number of carbonyl (C=O) groups is 1. The molecule has 0 N–H and O–H groups in total. The maximum Gasteiger partial charge on any atom is 0.416 e. The smallest absolute Gasteiger partial charge is 0.369 e. The summed E-state index contributed by atoms with van der Waals surface area (Å²) in [6, 6.07) is 8.82. The number of halogens is 3. The van der Waals surface area contributed by atoms with Crippen LogP contribution >= 0.6 is 0 Å². The van der Waals surface area contributed by atoms with E-state index < -0.39 is 11.7 Å². The Labute approximate surface area is 143 Å². The number of carbonyl (C=O) groups excluding carboxylic acids is 1. The van der Waals surface area contributed by atoms with Crippen molar-refractivity contribution in [3.8, 4) is 0 Å². The molecule has 1 aromatic heterocycles.